The standard InChI is InChI=1S/C16H13ClFNO3.C15H11ClF3NO4/c1-10(16(21)22)19(12-7-8-14(18)13(17)9-12)15(20)11-5-3-2-4-6-11;1-2-23-14-8-10(4-5-12(14)20(21)22)24-13-6-3-9(7-11(13)16)15(17,18)19/h2-10H,1H3,(H,21,22);3-8H,2H2,1H3/t10-;/m1./s1. The van der Waals surface area contributed by atoms with E-state index in [9.17, 15) is 42.4 Å². The molecule has 1 N–H and O–H groups in total. The number of hydrogen-bond acceptors (Lipinski definition) is 6. The number of aliphatic carboxylic acids is 1. The van der Waals surface area contributed by atoms with Crippen LogP contribution in [0.25, 0.3) is 0 Å². The van der Waals surface area contributed by atoms with E-state index in [0.717, 1.165) is 29.2 Å². The number of carbonyl (C=O) groups excluding carboxylic acids is 1. The van der Waals surface area contributed by atoms with Crippen molar-refractivity contribution in [3.05, 3.63) is 122 Å². The van der Waals surface area contributed by atoms with Crippen molar-refractivity contribution in [1.82, 2.24) is 0 Å². The van der Waals surface area contributed by atoms with Crippen LogP contribution in [0.15, 0.2) is 84.9 Å². The predicted octanol–water partition coefficient (Wildman–Crippen LogP) is 9.06. The first kappa shape index (κ1) is 35.6. The first-order valence-electron chi connectivity index (χ1n) is 13.2. The molecular formula is C31H24Cl2F4N2O7. The molecule has 1 amide bonds. The van der Waals surface area contributed by atoms with Gasteiger partial charge in [0.2, 0.25) is 5.75 Å². The average molecular weight is 683 g/mol. The first-order chi connectivity index (χ1) is 21.6. The highest BCUT2D eigenvalue weighted by Crippen LogP contribution is 2.38. The van der Waals surface area contributed by atoms with Gasteiger partial charge in [-0.1, -0.05) is 41.4 Å². The lowest BCUT2D eigenvalue weighted by Gasteiger charge is -2.27. The molecule has 0 saturated carbocycles. The van der Waals surface area contributed by atoms with Gasteiger partial charge in [0.15, 0.2) is 0 Å². The first-order valence-corrected chi connectivity index (χ1v) is 13.9. The zero-order valence-electron chi connectivity index (χ0n) is 23.9. The van der Waals surface area contributed by atoms with E-state index in [1.165, 1.54) is 37.3 Å². The summed E-state index contributed by atoms with van der Waals surface area (Å²) in [7, 11) is 0. The summed E-state index contributed by atoms with van der Waals surface area (Å²) in [5.41, 5.74) is -0.604. The quantitative estimate of drug-likeness (QED) is 0.106. The van der Waals surface area contributed by atoms with Crippen molar-refractivity contribution < 1.29 is 46.7 Å². The van der Waals surface area contributed by atoms with Gasteiger partial charge in [-0.2, -0.15) is 13.2 Å². The van der Waals surface area contributed by atoms with Gasteiger partial charge in [-0.15, -0.1) is 0 Å². The second-order valence-electron chi connectivity index (χ2n) is 9.22. The Morgan fingerprint density at radius 2 is 1.63 bits per heavy atom. The number of nitro benzene ring substituents is 1. The molecule has 0 heterocycles. The van der Waals surface area contributed by atoms with Gasteiger partial charge in [-0.3, -0.25) is 19.8 Å². The molecule has 4 aromatic rings. The van der Waals surface area contributed by atoms with Gasteiger partial charge in [-0.25, -0.2) is 9.18 Å². The lowest BCUT2D eigenvalue weighted by Crippen LogP contribution is -2.43. The Hall–Kier alpha value is -4.88. The van der Waals surface area contributed by atoms with E-state index in [0.29, 0.717) is 5.56 Å². The Bertz CT molecular complexity index is 1720. The molecule has 46 heavy (non-hydrogen) atoms. The number of hydrogen-bond donors (Lipinski definition) is 1. The van der Waals surface area contributed by atoms with Gasteiger partial charge < -0.3 is 14.6 Å². The van der Waals surface area contributed by atoms with Gasteiger partial charge in [0.1, 0.15) is 23.4 Å². The number of halogens is 6. The molecule has 0 unspecified atom stereocenters. The fourth-order valence-electron chi connectivity index (χ4n) is 3.85. The number of carbonyl (C=O) groups is 2. The van der Waals surface area contributed by atoms with Crippen molar-refractivity contribution in [2.45, 2.75) is 26.1 Å². The minimum Gasteiger partial charge on any atom is -0.487 e. The highest BCUT2D eigenvalue weighted by molar-refractivity contribution is 6.32. The van der Waals surface area contributed by atoms with E-state index in [1.807, 2.05) is 0 Å². The van der Waals surface area contributed by atoms with E-state index in [2.05, 4.69) is 0 Å². The third-order valence-corrected chi connectivity index (χ3v) is 6.67. The molecule has 15 heteroatoms. The van der Waals surface area contributed by atoms with Crippen LogP contribution in [-0.2, 0) is 11.0 Å². The van der Waals surface area contributed by atoms with Crippen LogP contribution in [0.2, 0.25) is 10.0 Å². The topological polar surface area (TPSA) is 119 Å². The lowest BCUT2D eigenvalue weighted by molar-refractivity contribution is -0.385. The zero-order valence-corrected chi connectivity index (χ0v) is 25.4. The molecule has 0 saturated heterocycles. The van der Waals surface area contributed by atoms with Crippen LogP contribution in [-0.4, -0.2) is 34.6 Å². The van der Waals surface area contributed by atoms with Crippen LogP contribution >= 0.6 is 23.2 Å². The minimum atomic E-state index is -4.52. The number of benzene rings is 4. The van der Waals surface area contributed by atoms with Crippen molar-refractivity contribution in [2.75, 3.05) is 11.5 Å². The summed E-state index contributed by atoms with van der Waals surface area (Å²) in [6.45, 7) is 3.23. The molecule has 4 aromatic carbocycles. The van der Waals surface area contributed by atoms with E-state index >= 15 is 0 Å². The Morgan fingerprint density at radius 1 is 0.957 bits per heavy atom. The molecule has 0 radical (unpaired) electrons. The number of nitrogens with zero attached hydrogens (tertiary/aromatic N) is 2. The number of ether oxygens (including phenoxy) is 2. The van der Waals surface area contributed by atoms with Crippen LogP contribution in [0.3, 0.4) is 0 Å². The van der Waals surface area contributed by atoms with Crippen molar-refractivity contribution >= 4 is 46.5 Å². The van der Waals surface area contributed by atoms with Crippen molar-refractivity contribution in [1.29, 1.82) is 0 Å². The van der Waals surface area contributed by atoms with E-state index in [1.54, 1.807) is 37.3 Å². The van der Waals surface area contributed by atoms with Gasteiger partial charge >= 0.3 is 17.8 Å². The van der Waals surface area contributed by atoms with Crippen molar-refractivity contribution in [3.8, 4) is 17.2 Å². The van der Waals surface area contributed by atoms with Gasteiger partial charge in [-0.05, 0) is 68.4 Å². The number of rotatable bonds is 9. The summed E-state index contributed by atoms with van der Waals surface area (Å²) in [6, 6.07) is 17.2. The number of carboxylic acid groups (broad SMARTS) is 1. The fourth-order valence-corrected chi connectivity index (χ4v) is 4.24. The molecule has 0 spiro atoms. The van der Waals surface area contributed by atoms with Crippen LogP contribution in [0.5, 0.6) is 17.2 Å². The number of amides is 1. The lowest BCUT2D eigenvalue weighted by atomic mass is 10.1. The zero-order chi connectivity index (χ0) is 34.2. The van der Waals surface area contributed by atoms with E-state index in [-0.39, 0.29) is 45.3 Å². The Labute approximate surface area is 269 Å². The number of nitro groups is 1. The van der Waals surface area contributed by atoms with Crippen LogP contribution < -0.4 is 14.4 Å². The van der Waals surface area contributed by atoms with Crippen LogP contribution in [0, 0.1) is 15.9 Å². The van der Waals surface area contributed by atoms with E-state index < -0.39 is 40.4 Å². The number of carboxylic acids is 1. The van der Waals surface area contributed by atoms with Gasteiger partial charge in [0.25, 0.3) is 5.91 Å². The molecule has 0 bridgehead atoms. The minimum absolute atomic E-state index is 0.0111. The summed E-state index contributed by atoms with van der Waals surface area (Å²) >= 11 is 11.5. The largest absolute Gasteiger partial charge is 0.487 e. The maximum absolute atomic E-state index is 13.3. The molecular weight excluding hydrogens is 659 g/mol. The monoisotopic (exact) mass is 682 g/mol. The van der Waals surface area contributed by atoms with Crippen molar-refractivity contribution in [3.63, 3.8) is 0 Å². The molecule has 0 aliphatic rings. The third kappa shape index (κ3) is 9.08. The Balaban J connectivity index is 0.000000251. The second-order valence-corrected chi connectivity index (χ2v) is 10.0. The normalized spacial score (nSPS) is 11.5. The molecule has 9 nitrogen and oxygen atoms in total. The summed E-state index contributed by atoms with van der Waals surface area (Å²) in [5.74, 6) is -2.20. The predicted molar refractivity (Wildman–Crippen MR) is 163 cm³/mol. The molecule has 242 valence electrons. The molecule has 0 aliphatic heterocycles. The average Bonchev–Trinajstić information content (AvgIpc) is 3.00. The van der Waals surface area contributed by atoms with Gasteiger partial charge in [0.05, 0.1) is 27.1 Å². The molecule has 0 aliphatic carbocycles. The van der Waals surface area contributed by atoms with Crippen LogP contribution in [0.1, 0.15) is 29.8 Å². The van der Waals surface area contributed by atoms with E-state index in [4.69, 9.17) is 32.7 Å². The number of alkyl halides is 3. The van der Waals surface area contributed by atoms with Crippen molar-refractivity contribution in [2.24, 2.45) is 0 Å². The highest BCUT2D eigenvalue weighted by Gasteiger charge is 2.31. The molecule has 0 fully saturated rings. The third-order valence-electron chi connectivity index (χ3n) is 6.08. The SMILES string of the molecule is CCOc1cc(Oc2ccc(C(F)(F)F)cc2Cl)ccc1[N+](=O)[O-].C[C@H](C(=O)O)N(C(=O)c1ccccc1)c1ccc(F)c(Cl)c1. The summed E-state index contributed by atoms with van der Waals surface area (Å²) < 4.78 is 61.7. The fraction of sp³-hybridized carbons (Fsp3) is 0.161. The summed E-state index contributed by atoms with van der Waals surface area (Å²) in [4.78, 5) is 35.3. The maximum Gasteiger partial charge on any atom is 0.416 e. The van der Waals surface area contributed by atoms with Crippen LogP contribution in [0.4, 0.5) is 28.9 Å². The Kier molecular flexibility index (Phi) is 11.9. The number of anilines is 1. The highest BCUT2D eigenvalue weighted by atomic mass is 35.5. The molecule has 4 rings (SSSR count). The Morgan fingerprint density at radius 3 is 2.17 bits per heavy atom. The smallest absolute Gasteiger partial charge is 0.416 e. The maximum atomic E-state index is 13.3. The van der Waals surface area contributed by atoms with Gasteiger partial charge in [0, 0.05) is 23.4 Å². The summed E-state index contributed by atoms with van der Waals surface area (Å²) in [6.07, 6.45) is -4.52. The molecule has 0 aromatic heterocycles. The summed E-state index contributed by atoms with van der Waals surface area (Å²) in [5, 5.41) is 19.7. The molecule has 1 atom stereocenters. The second kappa shape index (κ2) is 15.4.